The van der Waals surface area contributed by atoms with E-state index >= 15 is 0 Å². The van der Waals surface area contributed by atoms with Crippen molar-refractivity contribution in [2.75, 3.05) is 37.5 Å². The van der Waals surface area contributed by atoms with Crippen LogP contribution in [0.2, 0.25) is 0 Å². The van der Waals surface area contributed by atoms with Crippen LogP contribution in [0.1, 0.15) is 18.4 Å². The van der Waals surface area contributed by atoms with E-state index in [2.05, 4.69) is 39.6 Å². The summed E-state index contributed by atoms with van der Waals surface area (Å²) in [6.07, 6.45) is 4.28. The maximum absolute atomic E-state index is 12.0. The second-order valence-electron chi connectivity index (χ2n) is 7.96. The molecule has 0 saturated carbocycles. The van der Waals surface area contributed by atoms with Crippen LogP contribution in [0.25, 0.3) is 0 Å². The van der Waals surface area contributed by atoms with Crippen LogP contribution in [0.3, 0.4) is 0 Å². The Kier molecular flexibility index (Phi) is 6.87. The average molecular weight is 450 g/mol. The highest BCUT2D eigenvalue weighted by atomic mass is 16.6. The molecule has 3 aromatic rings. The van der Waals surface area contributed by atoms with Crippen molar-refractivity contribution < 1.29 is 14.4 Å². The minimum atomic E-state index is -0.427. The molecule has 2 heterocycles. The molecule has 0 aliphatic carbocycles. The molecule has 0 spiro atoms. The Balaban J connectivity index is 1.53. The molecule has 172 valence electrons. The number of hydrogen-bond donors (Lipinski definition) is 1. The molecule has 4 rings (SSSR count). The largest absolute Gasteiger partial charge is 0.497 e. The Morgan fingerprint density at radius 1 is 1.09 bits per heavy atom. The molecule has 0 radical (unpaired) electrons. The number of rotatable bonds is 8. The first-order valence-electron chi connectivity index (χ1n) is 10.9. The number of aromatic nitrogens is 2. The molecular weight excluding hydrogens is 422 g/mol. The second kappa shape index (κ2) is 10.2. The maximum Gasteiger partial charge on any atom is 0.353 e. The van der Waals surface area contributed by atoms with Gasteiger partial charge in [0.15, 0.2) is 0 Å². The standard InChI is InChI=1S/C24H27N5O4/c1-32-19-8-9-20(21(15-19)33-2)27-23-22(29(30)31)24(26-16-25-23)28-12-10-18(11-13-28)14-17-6-4-3-5-7-17/h3-9,15-16,18H,10-14H2,1-2H3,(H,25,26,27). The molecule has 1 aliphatic rings. The van der Waals surface area contributed by atoms with E-state index in [1.165, 1.54) is 19.0 Å². The van der Waals surface area contributed by atoms with Gasteiger partial charge in [-0.15, -0.1) is 0 Å². The summed E-state index contributed by atoms with van der Waals surface area (Å²) in [6.45, 7) is 1.42. The zero-order valence-electron chi connectivity index (χ0n) is 18.7. The zero-order valence-corrected chi connectivity index (χ0v) is 18.7. The third-order valence-electron chi connectivity index (χ3n) is 5.93. The fraction of sp³-hybridized carbons (Fsp3) is 0.333. The van der Waals surface area contributed by atoms with Gasteiger partial charge in [0.25, 0.3) is 0 Å². The number of anilines is 3. The van der Waals surface area contributed by atoms with Gasteiger partial charge in [-0.3, -0.25) is 10.1 Å². The lowest BCUT2D eigenvalue weighted by Gasteiger charge is -2.32. The summed E-state index contributed by atoms with van der Waals surface area (Å²) in [5.41, 5.74) is 1.73. The van der Waals surface area contributed by atoms with Crippen molar-refractivity contribution in [3.8, 4) is 11.5 Å². The van der Waals surface area contributed by atoms with Gasteiger partial charge >= 0.3 is 5.69 Å². The lowest BCUT2D eigenvalue weighted by atomic mass is 9.90. The fourth-order valence-electron chi connectivity index (χ4n) is 4.19. The third-order valence-corrected chi connectivity index (χ3v) is 5.93. The van der Waals surface area contributed by atoms with Crippen molar-refractivity contribution in [1.29, 1.82) is 0 Å². The van der Waals surface area contributed by atoms with Crippen LogP contribution in [-0.2, 0) is 6.42 Å². The Morgan fingerprint density at radius 3 is 2.52 bits per heavy atom. The predicted octanol–water partition coefficient (Wildman–Crippen LogP) is 4.60. The number of nitro groups is 1. The summed E-state index contributed by atoms with van der Waals surface area (Å²) >= 11 is 0. The Morgan fingerprint density at radius 2 is 1.85 bits per heavy atom. The molecule has 0 unspecified atom stereocenters. The van der Waals surface area contributed by atoms with E-state index in [1.807, 2.05) is 11.0 Å². The first-order valence-corrected chi connectivity index (χ1v) is 10.9. The van der Waals surface area contributed by atoms with Crippen LogP contribution in [0.15, 0.2) is 54.9 Å². The van der Waals surface area contributed by atoms with E-state index in [0.29, 0.717) is 42.0 Å². The van der Waals surface area contributed by atoms with Crippen molar-refractivity contribution in [2.24, 2.45) is 5.92 Å². The van der Waals surface area contributed by atoms with E-state index in [0.717, 1.165) is 19.3 Å². The van der Waals surface area contributed by atoms with Crippen LogP contribution in [-0.4, -0.2) is 42.2 Å². The smallest absolute Gasteiger partial charge is 0.353 e. The number of piperidine rings is 1. The highest BCUT2D eigenvalue weighted by Gasteiger charge is 2.30. The van der Waals surface area contributed by atoms with E-state index in [1.54, 1.807) is 25.3 Å². The first kappa shape index (κ1) is 22.3. The van der Waals surface area contributed by atoms with Gasteiger partial charge in [-0.25, -0.2) is 9.97 Å². The van der Waals surface area contributed by atoms with Gasteiger partial charge in [0.05, 0.1) is 24.8 Å². The summed E-state index contributed by atoms with van der Waals surface area (Å²) in [6, 6.07) is 15.6. The van der Waals surface area contributed by atoms with Gasteiger partial charge in [0, 0.05) is 19.2 Å². The molecule has 33 heavy (non-hydrogen) atoms. The minimum Gasteiger partial charge on any atom is -0.497 e. The fourth-order valence-corrected chi connectivity index (χ4v) is 4.19. The van der Waals surface area contributed by atoms with Crippen LogP contribution < -0.4 is 19.7 Å². The Labute approximate surface area is 192 Å². The molecule has 1 fully saturated rings. The van der Waals surface area contributed by atoms with Gasteiger partial charge < -0.3 is 19.7 Å². The van der Waals surface area contributed by atoms with Gasteiger partial charge in [-0.2, -0.15) is 0 Å². The lowest BCUT2D eigenvalue weighted by molar-refractivity contribution is -0.383. The number of benzene rings is 2. The van der Waals surface area contributed by atoms with Gasteiger partial charge in [0.2, 0.25) is 11.6 Å². The van der Waals surface area contributed by atoms with Crippen LogP contribution in [0.5, 0.6) is 11.5 Å². The summed E-state index contributed by atoms with van der Waals surface area (Å²) in [5, 5.41) is 15.1. The molecule has 1 aliphatic heterocycles. The molecule has 0 bridgehead atoms. The van der Waals surface area contributed by atoms with E-state index in [-0.39, 0.29) is 11.5 Å². The molecule has 1 saturated heterocycles. The molecule has 0 amide bonds. The molecule has 9 heteroatoms. The SMILES string of the molecule is COc1ccc(Nc2ncnc(N3CCC(Cc4ccccc4)CC3)c2[N+](=O)[O-])c(OC)c1. The Bertz CT molecular complexity index is 1100. The van der Waals surface area contributed by atoms with Crippen LogP contribution in [0.4, 0.5) is 23.0 Å². The summed E-state index contributed by atoms with van der Waals surface area (Å²) in [5.74, 6) is 2.12. The lowest BCUT2D eigenvalue weighted by Crippen LogP contribution is -2.35. The van der Waals surface area contributed by atoms with E-state index < -0.39 is 4.92 Å². The van der Waals surface area contributed by atoms with Crippen LogP contribution >= 0.6 is 0 Å². The molecule has 0 atom stereocenters. The monoisotopic (exact) mass is 449 g/mol. The molecular formula is C24H27N5O4. The van der Waals surface area contributed by atoms with Crippen molar-refractivity contribution in [3.05, 3.63) is 70.5 Å². The topological polar surface area (TPSA) is 103 Å². The molecule has 9 nitrogen and oxygen atoms in total. The predicted molar refractivity (Wildman–Crippen MR) is 127 cm³/mol. The third kappa shape index (κ3) is 5.14. The van der Waals surface area contributed by atoms with E-state index in [4.69, 9.17) is 9.47 Å². The highest BCUT2D eigenvalue weighted by molar-refractivity contribution is 5.76. The molecule has 1 aromatic heterocycles. The second-order valence-corrected chi connectivity index (χ2v) is 7.96. The molecule has 2 aromatic carbocycles. The number of methoxy groups -OCH3 is 2. The van der Waals surface area contributed by atoms with Crippen molar-refractivity contribution in [3.63, 3.8) is 0 Å². The van der Waals surface area contributed by atoms with Crippen molar-refractivity contribution in [1.82, 2.24) is 9.97 Å². The summed E-state index contributed by atoms with van der Waals surface area (Å²) < 4.78 is 10.6. The van der Waals surface area contributed by atoms with Crippen LogP contribution in [0, 0.1) is 16.0 Å². The van der Waals surface area contributed by atoms with Crippen molar-refractivity contribution >= 4 is 23.0 Å². The highest BCUT2D eigenvalue weighted by Crippen LogP contribution is 2.38. The quantitative estimate of drug-likeness (QED) is 0.393. The Hall–Kier alpha value is -3.88. The van der Waals surface area contributed by atoms with Gasteiger partial charge in [0.1, 0.15) is 17.8 Å². The number of ether oxygens (including phenoxy) is 2. The summed E-state index contributed by atoms with van der Waals surface area (Å²) in [7, 11) is 3.09. The minimum absolute atomic E-state index is 0.125. The van der Waals surface area contributed by atoms with Gasteiger partial charge in [-0.05, 0) is 42.9 Å². The number of nitrogens with zero attached hydrogens (tertiary/aromatic N) is 4. The number of hydrogen-bond acceptors (Lipinski definition) is 8. The number of nitrogens with one attached hydrogen (secondary N) is 1. The summed E-state index contributed by atoms with van der Waals surface area (Å²) in [4.78, 5) is 22.0. The zero-order chi connectivity index (χ0) is 23.2. The van der Waals surface area contributed by atoms with Crippen molar-refractivity contribution in [2.45, 2.75) is 19.3 Å². The normalized spacial score (nSPS) is 14.1. The van der Waals surface area contributed by atoms with E-state index in [9.17, 15) is 10.1 Å². The van der Waals surface area contributed by atoms with Gasteiger partial charge in [-0.1, -0.05) is 30.3 Å². The average Bonchev–Trinajstić information content (AvgIpc) is 2.85. The molecule has 1 N–H and O–H groups in total. The maximum atomic E-state index is 12.0. The first-order chi connectivity index (χ1) is 16.1.